The van der Waals surface area contributed by atoms with Crippen LogP contribution in [0.3, 0.4) is 0 Å². The molecule has 0 aliphatic heterocycles. The third-order valence-electron chi connectivity index (χ3n) is 7.19. The Morgan fingerprint density at radius 2 is 1.51 bits per heavy atom. The highest BCUT2D eigenvalue weighted by atomic mass is 35.5. The van der Waals surface area contributed by atoms with Gasteiger partial charge in [-0.1, -0.05) is 104 Å². The van der Waals surface area contributed by atoms with E-state index in [2.05, 4.69) is 5.32 Å². The molecule has 4 aromatic rings. The Morgan fingerprint density at radius 3 is 2.13 bits per heavy atom. The standard InChI is InChI=1S/C35H37ClFN3O4S/c1-25(2)22-38-35(42)33(20-27-12-6-4-7-13-27)39(23-28-14-10-11-26(3)19-28)34(41)24-40(29-17-18-32(37)31(36)21-29)45(43,44)30-15-8-5-9-16-30/h4-19,21,25,33H,20,22-24H2,1-3H3,(H,38,42)/t33-/m1/s1. The predicted molar refractivity (Wildman–Crippen MR) is 176 cm³/mol. The summed E-state index contributed by atoms with van der Waals surface area (Å²) < 4.78 is 43.1. The highest BCUT2D eigenvalue weighted by Gasteiger charge is 2.35. The monoisotopic (exact) mass is 649 g/mol. The summed E-state index contributed by atoms with van der Waals surface area (Å²) in [6.45, 7) is 5.67. The van der Waals surface area contributed by atoms with Crippen LogP contribution in [-0.2, 0) is 32.6 Å². The number of hydrogen-bond donors (Lipinski definition) is 1. The quantitative estimate of drug-likeness (QED) is 0.182. The number of rotatable bonds is 13. The van der Waals surface area contributed by atoms with Gasteiger partial charge >= 0.3 is 0 Å². The Labute approximate surface area is 269 Å². The van der Waals surface area contributed by atoms with E-state index in [1.165, 1.54) is 29.2 Å². The van der Waals surface area contributed by atoms with Gasteiger partial charge in [-0.25, -0.2) is 12.8 Å². The van der Waals surface area contributed by atoms with Gasteiger partial charge in [0.2, 0.25) is 11.8 Å². The van der Waals surface area contributed by atoms with Gasteiger partial charge in [0.25, 0.3) is 10.0 Å². The van der Waals surface area contributed by atoms with Crippen LogP contribution in [0.4, 0.5) is 10.1 Å². The van der Waals surface area contributed by atoms with Gasteiger partial charge in [-0.15, -0.1) is 0 Å². The smallest absolute Gasteiger partial charge is 0.264 e. The first-order valence-corrected chi connectivity index (χ1v) is 16.5. The summed E-state index contributed by atoms with van der Waals surface area (Å²) in [5, 5.41) is 2.67. The zero-order valence-electron chi connectivity index (χ0n) is 25.5. The third-order valence-corrected chi connectivity index (χ3v) is 9.27. The summed E-state index contributed by atoms with van der Waals surface area (Å²) in [6, 6.07) is 27.1. The summed E-state index contributed by atoms with van der Waals surface area (Å²) >= 11 is 6.07. The normalized spacial score (nSPS) is 12.0. The van der Waals surface area contributed by atoms with Crippen LogP contribution >= 0.6 is 11.6 Å². The summed E-state index contributed by atoms with van der Waals surface area (Å²) in [7, 11) is -4.31. The number of carbonyl (C=O) groups excluding carboxylic acids is 2. The average molecular weight is 650 g/mol. The second kappa shape index (κ2) is 15.2. The second-order valence-corrected chi connectivity index (χ2v) is 13.5. The van der Waals surface area contributed by atoms with Gasteiger partial charge in [-0.05, 0) is 54.3 Å². The van der Waals surface area contributed by atoms with Crippen LogP contribution in [0, 0.1) is 18.7 Å². The SMILES string of the molecule is Cc1cccc(CN(C(=O)CN(c2ccc(F)c(Cl)c2)S(=O)(=O)c2ccccc2)[C@H](Cc2ccccc2)C(=O)NCC(C)C)c1. The number of nitrogens with one attached hydrogen (secondary N) is 1. The fraction of sp³-hybridized carbons (Fsp3) is 0.257. The molecule has 0 radical (unpaired) electrons. The first kappa shape index (κ1) is 33.7. The van der Waals surface area contributed by atoms with Gasteiger partial charge in [0.15, 0.2) is 0 Å². The van der Waals surface area contributed by atoms with Crippen LogP contribution in [0.5, 0.6) is 0 Å². The van der Waals surface area contributed by atoms with Crippen molar-refractivity contribution in [2.75, 3.05) is 17.4 Å². The minimum absolute atomic E-state index is 0.0120. The van der Waals surface area contributed by atoms with E-state index < -0.39 is 34.3 Å². The number of aryl methyl sites for hydroxylation is 1. The van der Waals surface area contributed by atoms with E-state index in [1.807, 2.05) is 75.4 Å². The average Bonchev–Trinajstić information content (AvgIpc) is 3.02. The largest absolute Gasteiger partial charge is 0.354 e. The Kier molecular flexibility index (Phi) is 11.4. The van der Waals surface area contributed by atoms with Crippen LogP contribution in [-0.4, -0.2) is 44.3 Å². The van der Waals surface area contributed by atoms with Crippen LogP contribution in [0.2, 0.25) is 5.02 Å². The molecular weight excluding hydrogens is 613 g/mol. The van der Waals surface area contributed by atoms with E-state index in [0.29, 0.717) is 6.54 Å². The van der Waals surface area contributed by atoms with Gasteiger partial charge in [-0.3, -0.25) is 13.9 Å². The fourth-order valence-corrected chi connectivity index (χ4v) is 6.47. The molecule has 236 valence electrons. The number of carbonyl (C=O) groups is 2. The van der Waals surface area contributed by atoms with Crippen molar-refractivity contribution in [2.24, 2.45) is 5.92 Å². The van der Waals surface area contributed by atoms with E-state index in [1.54, 1.807) is 18.2 Å². The molecule has 0 saturated carbocycles. The predicted octanol–water partition coefficient (Wildman–Crippen LogP) is 6.40. The van der Waals surface area contributed by atoms with Crippen molar-refractivity contribution in [3.8, 4) is 0 Å². The van der Waals surface area contributed by atoms with Crippen molar-refractivity contribution in [3.63, 3.8) is 0 Å². The zero-order valence-corrected chi connectivity index (χ0v) is 27.1. The molecule has 0 aliphatic rings. The first-order valence-electron chi connectivity index (χ1n) is 14.6. The molecule has 1 N–H and O–H groups in total. The molecule has 45 heavy (non-hydrogen) atoms. The minimum Gasteiger partial charge on any atom is -0.354 e. The molecule has 2 amide bonds. The highest BCUT2D eigenvalue weighted by molar-refractivity contribution is 7.92. The van der Waals surface area contributed by atoms with E-state index >= 15 is 0 Å². The lowest BCUT2D eigenvalue weighted by Gasteiger charge is -2.34. The molecule has 10 heteroatoms. The van der Waals surface area contributed by atoms with Gasteiger partial charge in [-0.2, -0.15) is 0 Å². The van der Waals surface area contributed by atoms with Crippen molar-refractivity contribution in [3.05, 3.63) is 131 Å². The number of nitrogens with zero attached hydrogens (tertiary/aromatic N) is 2. The van der Waals surface area contributed by atoms with Crippen molar-refractivity contribution in [1.29, 1.82) is 0 Å². The van der Waals surface area contributed by atoms with Gasteiger partial charge in [0, 0.05) is 19.5 Å². The van der Waals surface area contributed by atoms with Crippen molar-refractivity contribution in [2.45, 2.75) is 44.7 Å². The lowest BCUT2D eigenvalue weighted by Crippen LogP contribution is -2.53. The second-order valence-electron chi connectivity index (χ2n) is 11.3. The number of anilines is 1. The molecule has 7 nitrogen and oxygen atoms in total. The topological polar surface area (TPSA) is 86.8 Å². The van der Waals surface area contributed by atoms with Crippen LogP contribution in [0.1, 0.15) is 30.5 Å². The molecule has 0 aliphatic carbocycles. The summed E-state index contributed by atoms with van der Waals surface area (Å²) in [4.78, 5) is 29.6. The zero-order chi connectivity index (χ0) is 32.6. The molecule has 0 spiro atoms. The molecule has 4 rings (SSSR count). The number of benzene rings is 4. The number of hydrogen-bond acceptors (Lipinski definition) is 4. The molecule has 0 unspecified atom stereocenters. The Balaban J connectivity index is 1.81. The van der Waals surface area contributed by atoms with E-state index in [-0.39, 0.29) is 40.4 Å². The van der Waals surface area contributed by atoms with Gasteiger partial charge in [0.05, 0.1) is 15.6 Å². The third kappa shape index (κ3) is 8.93. The number of amides is 2. The summed E-state index contributed by atoms with van der Waals surface area (Å²) in [5.74, 6) is -1.52. The molecule has 0 bridgehead atoms. The van der Waals surface area contributed by atoms with Crippen molar-refractivity contribution >= 4 is 39.1 Å². The van der Waals surface area contributed by atoms with Crippen LogP contribution in [0.25, 0.3) is 0 Å². The van der Waals surface area contributed by atoms with Crippen LogP contribution < -0.4 is 9.62 Å². The Bertz CT molecular complexity index is 1720. The first-order chi connectivity index (χ1) is 21.5. The van der Waals surface area contributed by atoms with Crippen LogP contribution in [0.15, 0.2) is 108 Å². The van der Waals surface area contributed by atoms with E-state index in [0.717, 1.165) is 27.1 Å². The minimum atomic E-state index is -4.31. The molecule has 1 atom stereocenters. The van der Waals surface area contributed by atoms with Crippen molar-refractivity contribution < 1.29 is 22.4 Å². The summed E-state index contributed by atoms with van der Waals surface area (Å²) in [5.41, 5.74) is 2.60. The Morgan fingerprint density at radius 1 is 0.867 bits per heavy atom. The molecule has 0 heterocycles. The molecule has 0 saturated heterocycles. The van der Waals surface area contributed by atoms with Crippen molar-refractivity contribution in [1.82, 2.24) is 10.2 Å². The molecular formula is C35H37ClFN3O4S. The molecule has 0 aromatic heterocycles. The maximum absolute atomic E-state index is 14.5. The lowest BCUT2D eigenvalue weighted by atomic mass is 10.0. The number of halogens is 2. The fourth-order valence-electron chi connectivity index (χ4n) is 4.87. The molecule has 0 fully saturated rings. The van der Waals surface area contributed by atoms with Gasteiger partial charge < -0.3 is 10.2 Å². The Hall–Kier alpha value is -4.21. The van der Waals surface area contributed by atoms with E-state index in [4.69, 9.17) is 11.6 Å². The number of sulfonamides is 1. The highest BCUT2D eigenvalue weighted by Crippen LogP contribution is 2.28. The van der Waals surface area contributed by atoms with Gasteiger partial charge in [0.1, 0.15) is 18.4 Å². The molecule has 4 aromatic carbocycles. The summed E-state index contributed by atoms with van der Waals surface area (Å²) in [6.07, 6.45) is 0.204. The van der Waals surface area contributed by atoms with E-state index in [9.17, 15) is 22.4 Å². The maximum Gasteiger partial charge on any atom is 0.264 e. The lowest BCUT2D eigenvalue weighted by molar-refractivity contribution is -0.140. The maximum atomic E-state index is 14.5.